The summed E-state index contributed by atoms with van der Waals surface area (Å²) in [7, 11) is 0. The lowest BCUT2D eigenvalue weighted by atomic mass is 10.0. The van der Waals surface area contributed by atoms with E-state index in [1.54, 1.807) is 6.07 Å². The molecule has 4 nitrogen and oxygen atoms in total. The van der Waals surface area contributed by atoms with E-state index in [4.69, 9.17) is 5.26 Å². The molecule has 2 rings (SSSR count). The minimum Gasteiger partial charge on any atom is -0.392 e. The van der Waals surface area contributed by atoms with Gasteiger partial charge in [-0.05, 0) is 25.3 Å². The summed E-state index contributed by atoms with van der Waals surface area (Å²) in [5.74, 6) is -1.41. The van der Waals surface area contributed by atoms with Crippen molar-refractivity contribution >= 4 is 5.91 Å². The number of nitrogens with one attached hydrogen (secondary N) is 1. The van der Waals surface area contributed by atoms with Gasteiger partial charge in [0.25, 0.3) is 0 Å². The van der Waals surface area contributed by atoms with Crippen molar-refractivity contribution in [1.82, 2.24) is 5.32 Å². The second-order valence-electron chi connectivity index (χ2n) is 4.70. The molecular formula is C14H15FN2O2. The van der Waals surface area contributed by atoms with Gasteiger partial charge in [0.05, 0.1) is 18.1 Å². The maximum absolute atomic E-state index is 13.6. The van der Waals surface area contributed by atoms with E-state index in [1.165, 1.54) is 18.2 Å². The van der Waals surface area contributed by atoms with Gasteiger partial charge in [-0.25, -0.2) is 4.39 Å². The number of nitrogens with zero attached hydrogens (tertiary/aromatic N) is 1. The summed E-state index contributed by atoms with van der Waals surface area (Å²) < 4.78 is 13.6. The molecule has 0 saturated heterocycles. The monoisotopic (exact) mass is 262 g/mol. The largest absolute Gasteiger partial charge is 0.392 e. The van der Waals surface area contributed by atoms with Gasteiger partial charge in [-0.1, -0.05) is 18.2 Å². The Hall–Kier alpha value is -1.93. The number of amides is 1. The third kappa shape index (κ3) is 2.91. The van der Waals surface area contributed by atoms with Crippen LogP contribution < -0.4 is 5.32 Å². The molecule has 1 aliphatic rings. The number of nitriles is 1. The summed E-state index contributed by atoms with van der Waals surface area (Å²) in [4.78, 5) is 12.0. The fourth-order valence-electron chi connectivity index (χ4n) is 2.38. The van der Waals surface area contributed by atoms with Crippen LogP contribution in [0.25, 0.3) is 0 Å². The average molecular weight is 262 g/mol. The molecule has 0 heterocycles. The van der Waals surface area contributed by atoms with E-state index >= 15 is 0 Å². The second kappa shape index (κ2) is 5.81. The zero-order valence-electron chi connectivity index (χ0n) is 10.3. The Bertz CT molecular complexity index is 512. The maximum atomic E-state index is 13.6. The van der Waals surface area contributed by atoms with Crippen LogP contribution in [0.1, 0.15) is 30.9 Å². The normalized spacial score (nSPS) is 23.6. The fourth-order valence-corrected chi connectivity index (χ4v) is 2.38. The summed E-state index contributed by atoms with van der Waals surface area (Å²) >= 11 is 0. The molecule has 100 valence electrons. The van der Waals surface area contributed by atoms with Crippen LogP contribution in [0.15, 0.2) is 24.3 Å². The Morgan fingerprint density at radius 2 is 2.21 bits per heavy atom. The number of halogens is 1. The maximum Gasteiger partial charge on any atom is 0.227 e. The van der Waals surface area contributed by atoms with Gasteiger partial charge in [0, 0.05) is 5.56 Å². The van der Waals surface area contributed by atoms with E-state index in [9.17, 15) is 14.3 Å². The molecule has 1 fully saturated rings. The van der Waals surface area contributed by atoms with Crippen molar-refractivity contribution < 1.29 is 14.3 Å². The van der Waals surface area contributed by atoms with E-state index in [1.807, 2.05) is 6.07 Å². The van der Waals surface area contributed by atoms with Crippen molar-refractivity contribution in [3.05, 3.63) is 35.6 Å². The molecule has 0 aromatic heterocycles. The van der Waals surface area contributed by atoms with Gasteiger partial charge >= 0.3 is 0 Å². The Labute approximate surface area is 110 Å². The van der Waals surface area contributed by atoms with Gasteiger partial charge in [0.2, 0.25) is 5.91 Å². The molecule has 19 heavy (non-hydrogen) atoms. The Kier molecular flexibility index (Phi) is 4.13. The molecule has 0 aliphatic heterocycles. The predicted octanol–water partition coefficient (Wildman–Crippen LogP) is 1.67. The van der Waals surface area contributed by atoms with Crippen LogP contribution in [0, 0.1) is 23.1 Å². The van der Waals surface area contributed by atoms with E-state index in [2.05, 4.69) is 5.32 Å². The molecule has 1 aliphatic carbocycles. The highest BCUT2D eigenvalue weighted by Crippen LogP contribution is 2.26. The third-order valence-electron chi connectivity index (χ3n) is 3.45. The first-order valence-corrected chi connectivity index (χ1v) is 6.26. The van der Waals surface area contributed by atoms with Gasteiger partial charge in [0.1, 0.15) is 11.9 Å². The lowest BCUT2D eigenvalue weighted by Crippen LogP contribution is -2.37. The smallest absolute Gasteiger partial charge is 0.227 e. The van der Waals surface area contributed by atoms with Crippen LogP contribution in [0.5, 0.6) is 0 Å². The van der Waals surface area contributed by atoms with Gasteiger partial charge in [0.15, 0.2) is 0 Å². The van der Waals surface area contributed by atoms with Crippen LogP contribution in [0.4, 0.5) is 4.39 Å². The average Bonchev–Trinajstić information content (AvgIpc) is 2.83. The van der Waals surface area contributed by atoms with Crippen LogP contribution in [0.2, 0.25) is 0 Å². The Morgan fingerprint density at radius 3 is 2.79 bits per heavy atom. The van der Waals surface area contributed by atoms with Gasteiger partial charge in [-0.2, -0.15) is 5.26 Å². The number of aliphatic hydroxyl groups excluding tert-OH is 1. The number of benzene rings is 1. The standard InChI is InChI=1S/C14H15FN2O2/c15-11-6-2-1-4-9(11)12(8-16)17-14(19)10-5-3-7-13(10)18/h1-2,4,6,10,12-13,18H,3,5,7H2,(H,17,19). The second-order valence-corrected chi connectivity index (χ2v) is 4.70. The Balaban J connectivity index is 2.10. The fraction of sp³-hybridized carbons (Fsp3) is 0.429. The number of carbonyl (C=O) groups is 1. The minimum absolute atomic E-state index is 0.144. The summed E-state index contributed by atoms with van der Waals surface area (Å²) in [5, 5.41) is 21.2. The molecule has 2 N–H and O–H groups in total. The van der Waals surface area contributed by atoms with Crippen molar-refractivity contribution in [2.45, 2.75) is 31.4 Å². The zero-order chi connectivity index (χ0) is 13.8. The number of aliphatic hydroxyl groups is 1. The van der Waals surface area contributed by atoms with E-state index in [0.29, 0.717) is 12.8 Å². The van der Waals surface area contributed by atoms with Crippen LogP contribution >= 0.6 is 0 Å². The zero-order valence-corrected chi connectivity index (χ0v) is 10.3. The van der Waals surface area contributed by atoms with Crippen LogP contribution in [-0.2, 0) is 4.79 Å². The van der Waals surface area contributed by atoms with Crippen molar-refractivity contribution in [1.29, 1.82) is 5.26 Å². The molecule has 1 aromatic rings. The molecule has 0 spiro atoms. The van der Waals surface area contributed by atoms with E-state index < -0.39 is 23.9 Å². The lowest BCUT2D eigenvalue weighted by Gasteiger charge is -2.18. The van der Waals surface area contributed by atoms with Crippen molar-refractivity contribution in [3.63, 3.8) is 0 Å². The first-order valence-electron chi connectivity index (χ1n) is 6.26. The highest BCUT2D eigenvalue weighted by molar-refractivity contribution is 5.80. The van der Waals surface area contributed by atoms with Gasteiger partial charge in [-0.15, -0.1) is 0 Å². The summed E-state index contributed by atoms with van der Waals surface area (Å²) in [5.41, 5.74) is 0.144. The SMILES string of the molecule is N#CC(NC(=O)C1CCCC1O)c1ccccc1F. The van der Waals surface area contributed by atoms with Crippen LogP contribution in [0.3, 0.4) is 0 Å². The van der Waals surface area contributed by atoms with Gasteiger partial charge in [-0.3, -0.25) is 4.79 Å². The summed E-state index contributed by atoms with van der Waals surface area (Å²) in [6.07, 6.45) is 1.31. The summed E-state index contributed by atoms with van der Waals surface area (Å²) in [6, 6.07) is 6.70. The minimum atomic E-state index is -1.03. The molecule has 1 saturated carbocycles. The molecule has 1 amide bonds. The van der Waals surface area contributed by atoms with Crippen molar-refractivity contribution in [2.75, 3.05) is 0 Å². The van der Waals surface area contributed by atoms with E-state index in [0.717, 1.165) is 6.42 Å². The van der Waals surface area contributed by atoms with Crippen molar-refractivity contribution in [3.8, 4) is 6.07 Å². The first kappa shape index (κ1) is 13.5. The quantitative estimate of drug-likeness (QED) is 0.870. The number of carbonyl (C=O) groups excluding carboxylic acids is 1. The highest BCUT2D eigenvalue weighted by atomic mass is 19.1. The molecule has 1 aromatic carbocycles. The molecular weight excluding hydrogens is 247 g/mol. The molecule has 3 atom stereocenters. The van der Waals surface area contributed by atoms with E-state index in [-0.39, 0.29) is 11.5 Å². The van der Waals surface area contributed by atoms with Gasteiger partial charge < -0.3 is 10.4 Å². The molecule has 0 radical (unpaired) electrons. The Morgan fingerprint density at radius 1 is 1.47 bits per heavy atom. The topological polar surface area (TPSA) is 73.1 Å². The van der Waals surface area contributed by atoms with Crippen molar-refractivity contribution in [2.24, 2.45) is 5.92 Å². The predicted molar refractivity (Wildman–Crippen MR) is 66.2 cm³/mol. The third-order valence-corrected chi connectivity index (χ3v) is 3.45. The summed E-state index contributed by atoms with van der Waals surface area (Å²) in [6.45, 7) is 0. The highest BCUT2D eigenvalue weighted by Gasteiger charge is 2.32. The molecule has 0 bridgehead atoms. The first-order chi connectivity index (χ1) is 9.13. The number of hydrogen-bond acceptors (Lipinski definition) is 3. The number of rotatable bonds is 3. The molecule has 3 unspecified atom stereocenters. The molecule has 5 heteroatoms. The lowest BCUT2D eigenvalue weighted by molar-refractivity contribution is -0.127. The van der Waals surface area contributed by atoms with Crippen LogP contribution in [-0.4, -0.2) is 17.1 Å². The number of hydrogen-bond donors (Lipinski definition) is 2.